The van der Waals surface area contributed by atoms with E-state index >= 15 is 0 Å². The Kier molecular flexibility index (Phi) is 6.42. The van der Waals surface area contributed by atoms with Crippen molar-refractivity contribution in [1.29, 1.82) is 5.26 Å². The molecule has 0 aliphatic carbocycles. The van der Waals surface area contributed by atoms with E-state index in [-0.39, 0.29) is 5.41 Å². The van der Waals surface area contributed by atoms with E-state index in [2.05, 4.69) is 30.4 Å². The molecule has 3 N–H and O–H groups in total. The van der Waals surface area contributed by atoms with Crippen LogP contribution in [0.3, 0.4) is 0 Å². The monoisotopic (exact) mass is 245 g/mol. The normalized spacial score (nSPS) is 13.8. The highest BCUT2D eigenvalue weighted by atomic mass is 14.9. The van der Waals surface area contributed by atoms with Crippen LogP contribution in [0.4, 0.5) is 0 Å². The van der Waals surface area contributed by atoms with Gasteiger partial charge in [0.15, 0.2) is 0 Å². The number of nitrogens with two attached hydrogens (primary N) is 1. The van der Waals surface area contributed by atoms with Crippen LogP contribution in [-0.4, -0.2) is 19.6 Å². The van der Waals surface area contributed by atoms with Crippen LogP contribution in [0.5, 0.6) is 0 Å². The van der Waals surface area contributed by atoms with Crippen LogP contribution >= 0.6 is 0 Å². The predicted molar refractivity (Wildman–Crippen MR) is 75.2 cm³/mol. The highest BCUT2D eigenvalue weighted by molar-refractivity contribution is 5.31. The lowest BCUT2D eigenvalue weighted by molar-refractivity contribution is 0.458. The van der Waals surface area contributed by atoms with Crippen molar-refractivity contribution in [1.82, 2.24) is 5.32 Å². The maximum Gasteiger partial charge on any atom is 0.0820 e. The highest BCUT2D eigenvalue weighted by Crippen LogP contribution is 2.31. The molecule has 0 aromatic heterocycles. The number of benzene rings is 1. The summed E-state index contributed by atoms with van der Waals surface area (Å²) in [5, 5.41) is 12.8. The minimum atomic E-state index is -0.342. The summed E-state index contributed by atoms with van der Waals surface area (Å²) in [6.45, 7) is 4.52. The van der Waals surface area contributed by atoms with Gasteiger partial charge in [0.25, 0.3) is 0 Å². The fraction of sp³-hybridized carbons (Fsp3) is 0.533. The molecule has 0 saturated heterocycles. The standard InChI is InChI=1S/C15H23N3/c1-2-15(13-17,9-6-11-18-12-10-16)14-7-4-3-5-8-14/h3-5,7-8,18H,2,6,9-12,16H2,1H3. The fourth-order valence-corrected chi connectivity index (χ4v) is 2.22. The SMILES string of the molecule is CCC(C#N)(CCCNCCN)c1ccccc1. The molecule has 0 spiro atoms. The van der Waals surface area contributed by atoms with E-state index in [0.29, 0.717) is 6.54 Å². The Labute approximate surface area is 110 Å². The first-order valence-corrected chi connectivity index (χ1v) is 6.66. The summed E-state index contributed by atoms with van der Waals surface area (Å²) in [4.78, 5) is 0. The van der Waals surface area contributed by atoms with Crippen molar-refractivity contribution >= 4 is 0 Å². The highest BCUT2D eigenvalue weighted by Gasteiger charge is 2.29. The number of hydrogen-bond acceptors (Lipinski definition) is 3. The lowest BCUT2D eigenvalue weighted by Gasteiger charge is -2.25. The summed E-state index contributed by atoms with van der Waals surface area (Å²) in [6.07, 6.45) is 2.74. The largest absolute Gasteiger partial charge is 0.329 e. The number of rotatable bonds is 8. The van der Waals surface area contributed by atoms with E-state index in [1.54, 1.807) is 0 Å². The second-order valence-electron chi connectivity index (χ2n) is 4.56. The van der Waals surface area contributed by atoms with Gasteiger partial charge in [-0.15, -0.1) is 0 Å². The van der Waals surface area contributed by atoms with E-state index in [0.717, 1.165) is 37.9 Å². The summed E-state index contributed by atoms with van der Waals surface area (Å²) in [5.74, 6) is 0. The molecule has 0 radical (unpaired) electrons. The third kappa shape index (κ3) is 3.83. The lowest BCUT2D eigenvalue weighted by atomic mass is 9.76. The van der Waals surface area contributed by atoms with Crippen LogP contribution in [-0.2, 0) is 5.41 Å². The number of nitriles is 1. The molecule has 1 unspecified atom stereocenters. The topological polar surface area (TPSA) is 61.8 Å². The Morgan fingerprint density at radius 2 is 2.00 bits per heavy atom. The minimum absolute atomic E-state index is 0.342. The van der Waals surface area contributed by atoms with Crippen molar-refractivity contribution in [2.75, 3.05) is 19.6 Å². The summed E-state index contributed by atoms with van der Waals surface area (Å²) in [7, 11) is 0. The minimum Gasteiger partial charge on any atom is -0.329 e. The molecule has 0 heterocycles. The Morgan fingerprint density at radius 1 is 1.28 bits per heavy atom. The zero-order valence-corrected chi connectivity index (χ0v) is 11.2. The Morgan fingerprint density at radius 3 is 2.56 bits per heavy atom. The van der Waals surface area contributed by atoms with Crippen LogP contribution in [0, 0.1) is 11.3 Å². The quantitative estimate of drug-likeness (QED) is 0.690. The lowest BCUT2D eigenvalue weighted by Crippen LogP contribution is -2.27. The van der Waals surface area contributed by atoms with Gasteiger partial charge in [-0.25, -0.2) is 0 Å². The van der Waals surface area contributed by atoms with Crippen molar-refractivity contribution in [2.45, 2.75) is 31.6 Å². The van der Waals surface area contributed by atoms with Crippen molar-refractivity contribution in [2.24, 2.45) is 5.73 Å². The molecule has 0 bridgehead atoms. The molecule has 0 saturated carbocycles. The van der Waals surface area contributed by atoms with E-state index in [1.807, 2.05) is 18.2 Å². The van der Waals surface area contributed by atoms with Gasteiger partial charge < -0.3 is 11.1 Å². The maximum atomic E-state index is 9.54. The first-order chi connectivity index (χ1) is 8.79. The summed E-state index contributed by atoms with van der Waals surface area (Å²) >= 11 is 0. The summed E-state index contributed by atoms with van der Waals surface area (Å²) < 4.78 is 0. The Bertz CT molecular complexity index is 369. The van der Waals surface area contributed by atoms with Gasteiger partial charge in [0.1, 0.15) is 0 Å². The zero-order valence-electron chi connectivity index (χ0n) is 11.2. The van der Waals surface area contributed by atoms with Gasteiger partial charge in [0.2, 0.25) is 0 Å². The van der Waals surface area contributed by atoms with Crippen molar-refractivity contribution in [3.8, 4) is 6.07 Å². The first kappa shape index (κ1) is 14.7. The van der Waals surface area contributed by atoms with Crippen molar-refractivity contribution in [3.05, 3.63) is 35.9 Å². The fourth-order valence-electron chi connectivity index (χ4n) is 2.22. The first-order valence-electron chi connectivity index (χ1n) is 6.66. The second kappa shape index (κ2) is 7.86. The molecule has 1 aromatic carbocycles. The molecule has 18 heavy (non-hydrogen) atoms. The van der Waals surface area contributed by atoms with Gasteiger partial charge in [-0.3, -0.25) is 0 Å². The van der Waals surface area contributed by atoms with Gasteiger partial charge in [-0.1, -0.05) is 37.3 Å². The van der Waals surface area contributed by atoms with Gasteiger partial charge >= 0.3 is 0 Å². The average Bonchev–Trinajstić information content (AvgIpc) is 2.44. The van der Waals surface area contributed by atoms with E-state index < -0.39 is 0 Å². The van der Waals surface area contributed by atoms with Crippen molar-refractivity contribution < 1.29 is 0 Å². The molecular weight excluding hydrogens is 222 g/mol. The molecular formula is C15H23N3. The Hall–Kier alpha value is -1.37. The van der Waals surface area contributed by atoms with Crippen LogP contribution in [0.2, 0.25) is 0 Å². The molecule has 1 aromatic rings. The second-order valence-corrected chi connectivity index (χ2v) is 4.56. The molecule has 0 aliphatic heterocycles. The number of hydrogen-bond donors (Lipinski definition) is 2. The Balaban J connectivity index is 2.62. The van der Waals surface area contributed by atoms with E-state index in [9.17, 15) is 5.26 Å². The van der Waals surface area contributed by atoms with Crippen LogP contribution < -0.4 is 11.1 Å². The molecule has 0 amide bonds. The van der Waals surface area contributed by atoms with Crippen LogP contribution in [0.15, 0.2) is 30.3 Å². The zero-order chi connectivity index (χ0) is 13.3. The number of nitrogens with zero attached hydrogens (tertiary/aromatic N) is 1. The smallest absolute Gasteiger partial charge is 0.0820 e. The predicted octanol–water partition coefficient (Wildman–Crippen LogP) is 2.19. The summed E-state index contributed by atoms with van der Waals surface area (Å²) in [6, 6.07) is 12.6. The molecule has 3 nitrogen and oxygen atoms in total. The molecule has 1 rings (SSSR count). The summed E-state index contributed by atoms with van der Waals surface area (Å²) in [5.41, 5.74) is 6.22. The molecule has 0 fully saturated rings. The molecule has 1 atom stereocenters. The van der Waals surface area contributed by atoms with E-state index in [1.165, 1.54) is 0 Å². The van der Waals surface area contributed by atoms with Crippen LogP contribution in [0.1, 0.15) is 31.7 Å². The third-order valence-electron chi connectivity index (χ3n) is 3.42. The van der Waals surface area contributed by atoms with E-state index in [4.69, 9.17) is 5.73 Å². The molecule has 98 valence electrons. The molecule has 3 heteroatoms. The maximum absolute atomic E-state index is 9.54. The van der Waals surface area contributed by atoms with Gasteiger partial charge in [0.05, 0.1) is 11.5 Å². The average molecular weight is 245 g/mol. The van der Waals surface area contributed by atoms with Gasteiger partial charge in [0, 0.05) is 13.1 Å². The van der Waals surface area contributed by atoms with Gasteiger partial charge in [-0.2, -0.15) is 5.26 Å². The third-order valence-corrected chi connectivity index (χ3v) is 3.42. The van der Waals surface area contributed by atoms with Crippen molar-refractivity contribution in [3.63, 3.8) is 0 Å². The molecule has 0 aliphatic rings. The van der Waals surface area contributed by atoms with Crippen LogP contribution in [0.25, 0.3) is 0 Å². The number of nitrogens with one attached hydrogen (secondary N) is 1. The van der Waals surface area contributed by atoms with Gasteiger partial charge in [-0.05, 0) is 31.4 Å².